The summed E-state index contributed by atoms with van der Waals surface area (Å²) in [6, 6.07) is -0.0599. The number of piperidine rings is 1. The Morgan fingerprint density at radius 2 is 2.00 bits per heavy atom. The Morgan fingerprint density at radius 3 is 2.61 bits per heavy atom. The van der Waals surface area contributed by atoms with Crippen LogP contribution in [0.25, 0.3) is 0 Å². The second-order valence-electron chi connectivity index (χ2n) is 5.69. The van der Waals surface area contributed by atoms with Crippen molar-refractivity contribution >= 4 is 11.9 Å². The highest BCUT2D eigenvalue weighted by atomic mass is 16.4. The lowest BCUT2D eigenvalue weighted by atomic mass is 9.94. The Labute approximate surface area is 107 Å². The molecular weight excluding hydrogens is 232 g/mol. The largest absolute Gasteiger partial charge is 0.481 e. The van der Waals surface area contributed by atoms with Crippen LogP contribution >= 0.6 is 0 Å². The van der Waals surface area contributed by atoms with Gasteiger partial charge in [-0.05, 0) is 44.6 Å². The van der Waals surface area contributed by atoms with Crippen LogP contribution in [0.5, 0.6) is 0 Å². The lowest BCUT2D eigenvalue weighted by Crippen LogP contribution is -2.50. The number of carbonyl (C=O) groups is 2. The molecule has 0 aromatic rings. The Hall–Kier alpha value is -1.10. The third-order valence-corrected chi connectivity index (χ3v) is 4.11. The van der Waals surface area contributed by atoms with E-state index in [4.69, 9.17) is 5.11 Å². The predicted octanol–water partition coefficient (Wildman–Crippen LogP) is 0.744. The summed E-state index contributed by atoms with van der Waals surface area (Å²) in [5.41, 5.74) is 0. The van der Waals surface area contributed by atoms with Gasteiger partial charge in [0, 0.05) is 6.04 Å². The van der Waals surface area contributed by atoms with E-state index in [0.717, 1.165) is 25.8 Å². The SMILES string of the molecule is CC1CCNC(C(=O)N[C@H]2CC[C@@H](C(=O)O)C2)C1. The maximum Gasteiger partial charge on any atom is 0.306 e. The average molecular weight is 254 g/mol. The molecule has 0 bridgehead atoms. The molecule has 0 aromatic heterocycles. The van der Waals surface area contributed by atoms with Gasteiger partial charge in [-0.1, -0.05) is 6.92 Å². The van der Waals surface area contributed by atoms with Crippen LogP contribution in [-0.4, -0.2) is 35.6 Å². The van der Waals surface area contributed by atoms with E-state index in [1.54, 1.807) is 0 Å². The van der Waals surface area contributed by atoms with Crippen molar-refractivity contribution in [2.45, 2.75) is 51.1 Å². The average Bonchev–Trinajstić information content (AvgIpc) is 2.77. The van der Waals surface area contributed by atoms with Gasteiger partial charge in [0.05, 0.1) is 12.0 Å². The standard InChI is InChI=1S/C13H22N2O3/c1-8-4-5-14-11(6-8)12(16)15-10-3-2-9(7-10)13(17)18/h8-11,14H,2-7H2,1H3,(H,15,16)(H,17,18)/t8?,9-,10+,11?/m1/s1. The summed E-state index contributed by atoms with van der Waals surface area (Å²) < 4.78 is 0. The van der Waals surface area contributed by atoms with Crippen LogP contribution in [0.15, 0.2) is 0 Å². The smallest absolute Gasteiger partial charge is 0.306 e. The molecule has 1 aliphatic heterocycles. The first-order valence-corrected chi connectivity index (χ1v) is 6.83. The number of carboxylic acids is 1. The van der Waals surface area contributed by atoms with Gasteiger partial charge in [0.15, 0.2) is 0 Å². The molecule has 1 heterocycles. The fraction of sp³-hybridized carbons (Fsp3) is 0.846. The van der Waals surface area contributed by atoms with Crippen molar-refractivity contribution < 1.29 is 14.7 Å². The number of carbonyl (C=O) groups excluding carboxylic acids is 1. The number of nitrogens with one attached hydrogen (secondary N) is 2. The fourth-order valence-corrected chi connectivity index (χ4v) is 2.95. The monoisotopic (exact) mass is 254 g/mol. The van der Waals surface area contributed by atoms with Crippen LogP contribution in [0, 0.1) is 11.8 Å². The van der Waals surface area contributed by atoms with Crippen LogP contribution in [0.1, 0.15) is 39.0 Å². The third kappa shape index (κ3) is 3.22. The van der Waals surface area contributed by atoms with Gasteiger partial charge >= 0.3 is 5.97 Å². The molecule has 2 aliphatic rings. The van der Waals surface area contributed by atoms with E-state index in [1.165, 1.54) is 0 Å². The van der Waals surface area contributed by atoms with Crippen molar-refractivity contribution in [3.8, 4) is 0 Å². The highest BCUT2D eigenvalue weighted by molar-refractivity contribution is 5.82. The number of amides is 1. The first-order valence-electron chi connectivity index (χ1n) is 6.83. The minimum Gasteiger partial charge on any atom is -0.481 e. The Kier molecular flexibility index (Phi) is 4.22. The fourth-order valence-electron chi connectivity index (χ4n) is 2.95. The van der Waals surface area contributed by atoms with Crippen LogP contribution in [0.2, 0.25) is 0 Å². The molecule has 2 unspecified atom stereocenters. The van der Waals surface area contributed by atoms with Gasteiger partial charge in [-0.3, -0.25) is 9.59 Å². The van der Waals surface area contributed by atoms with E-state index in [2.05, 4.69) is 17.6 Å². The second kappa shape index (κ2) is 5.69. The van der Waals surface area contributed by atoms with Crippen molar-refractivity contribution in [1.29, 1.82) is 0 Å². The zero-order chi connectivity index (χ0) is 13.1. The van der Waals surface area contributed by atoms with E-state index in [9.17, 15) is 9.59 Å². The van der Waals surface area contributed by atoms with E-state index >= 15 is 0 Å². The first-order chi connectivity index (χ1) is 8.56. The maximum absolute atomic E-state index is 12.1. The van der Waals surface area contributed by atoms with Gasteiger partial charge in [0.1, 0.15) is 0 Å². The molecule has 102 valence electrons. The summed E-state index contributed by atoms with van der Waals surface area (Å²) >= 11 is 0. The topological polar surface area (TPSA) is 78.4 Å². The number of aliphatic carboxylic acids is 1. The molecule has 0 aromatic carbocycles. The van der Waals surface area contributed by atoms with Gasteiger partial charge in [-0.2, -0.15) is 0 Å². The number of hydrogen-bond donors (Lipinski definition) is 3. The molecule has 5 nitrogen and oxygen atoms in total. The Morgan fingerprint density at radius 1 is 1.22 bits per heavy atom. The van der Waals surface area contributed by atoms with E-state index in [-0.39, 0.29) is 23.9 Å². The predicted molar refractivity (Wildman–Crippen MR) is 67.1 cm³/mol. The van der Waals surface area contributed by atoms with Crippen molar-refractivity contribution in [3.05, 3.63) is 0 Å². The van der Waals surface area contributed by atoms with E-state index < -0.39 is 5.97 Å². The lowest BCUT2D eigenvalue weighted by Gasteiger charge is -2.28. The summed E-state index contributed by atoms with van der Waals surface area (Å²) in [7, 11) is 0. The molecule has 3 N–H and O–H groups in total. The van der Waals surface area contributed by atoms with Crippen LogP contribution in [-0.2, 0) is 9.59 Å². The molecule has 1 saturated heterocycles. The molecular formula is C13H22N2O3. The molecule has 2 rings (SSSR count). The second-order valence-corrected chi connectivity index (χ2v) is 5.69. The van der Waals surface area contributed by atoms with Gasteiger partial charge in [0.2, 0.25) is 5.91 Å². The molecule has 0 radical (unpaired) electrons. The van der Waals surface area contributed by atoms with Crippen LogP contribution in [0.3, 0.4) is 0 Å². The minimum atomic E-state index is -0.740. The van der Waals surface area contributed by atoms with Gasteiger partial charge in [0.25, 0.3) is 0 Å². The number of carboxylic acid groups (broad SMARTS) is 1. The van der Waals surface area contributed by atoms with Gasteiger partial charge in [-0.25, -0.2) is 0 Å². The molecule has 18 heavy (non-hydrogen) atoms. The molecule has 4 atom stereocenters. The molecule has 1 amide bonds. The van der Waals surface area contributed by atoms with Crippen LogP contribution < -0.4 is 10.6 Å². The first kappa shape index (κ1) is 13.3. The summed E-state index contributed by atoms with van der Waals surface area (Å²) in [5.74, 6) is -0.403. The van der Waals surface area contributed by atoms with Gasteiger partial charge < -0.3 is 15.7 Å². The minimum absolute atomic E-state index is 0.0394. The third-order valence-electron chi connectivity index (χ3n) is 4.11. The molecule has 1 saturated carbocycles. The van der Waals surface area contributed by atoms with Crippen molar-refractivity contribution in [1.82, 2.24) is 10.6 Å². The molecule has 5 heteroatoms. The van der Waals surface area contributed by atoms with E-state index in [1.807, 2.05) is 0 Å². The van der Waals surface area contributed by atoms with Crippen molar-refractivity contribution in [2.75, 3.05) is 6.54 Å². The highest BCUT2D eigenvalue weighted by Crippen LogP contribution is 2.26. The number of hydrogen-bond acceptors (Lipinski definition) is 3. The number of rotatable bonds is 3. The van der Waals surface area contributed by atoms with E-state index in [0.29, 0.717) is 18.8 Å². The summed E-state index contributed by atoms with van der Waals surface area (Å²) in [4.78, 5) is 22.9. The summed E-state index contributed by atoms with van der Waals surface area (Å²) in [6.07, 6.45) is 4.03. The zero-order valence-corrected chi connectivity index (χ0v) is 10.8. The normalized spacial score (nSPS) is 36.3. The van der Waals surface area contributed by atoms with Gasteiger partial charge in [-0.15, -0.1) is 0 Å². The summed E-state index contributed by atoms with van der Waals surface area (Å²) in [6.45, 7) is 3.05. The Balaban J connectivity index is 1.79. The van der Waals surface area contributed by atoms with Crippen molar-refractivity contribution in [3.63, 3.8) is 0 Å². The molecule has 2 fully saturated rings. The maximum atomic E-state index is 12.1. The lowest BCUT2D eigenvalue weighted by molar-refractivity contribution is -0.141. The van der Waals surface area contributed by atoms with Crippen molar-refractivity contribution in [2.24, 2.45) is 11.8 Å². The molecule has 0 spiro atoms. The molecule has 1 aliphatic carbocycles. The quantitative estimate of drug-likeness (QED) is 0.694. The summed E-state index contributed by atoms with van der Waals surface area (Å²) in [5, 5.41) is 15.1. The van der Waals surface area contributed by atoms with Crippen LogP contribution in [0.4, 0.5) is 0 Å². The zero-order valence-electron chi connectivity index (χ0n) is 10.8. The highest BCUT2D eigenvalue weighted by Gasteiger charge is 2.32. The Bertz CT molecular complexity index is 332.